The fourth-order valence-electron chi connectivity index (χ4n) is 1.46. The SMILES string of the molecule is Cc1cc(C)c2cc(N)c(I)nc2n1. The number of anilines is 1. The Labute approximate surface area is 95.9 Å². The van der Waals surface area contributed by atoms with E-state index in [4.69, 9.17) is 5.73 Å². The summed E-state index contributed by atoms with van der Waals surface area (Å²) in [4.78, 5) is 8.71. The number of rotatable bonds is 0. The number of aryl methyl sites for hydroxylation is 2. The van der Waals surface area contributed by atoms with E-state index in [0.29, 0.717) is 5.69 Å². The van der Waals surface area contributed by atoms with Crippen LogP contribution >= 0.6 is 22.6 Å². The number of nitrogens with zero attached hydrogens (tertiary/aromatic N) is 2. The average molecular weight is 299 g/mol. The van der Waals surface area contributed by atoms with Crippen LogP contribution in [0.25, 0.3) is 11.0 Å². The van der Waals surface area contributed by atoms with Crippen molar-refractivity contribution < 1.29 is 0 Å². The number of nitrogens with two attached hydrogens (primary N) is 1. The van der Waals surface area contributed by atoms with Crippen molar-refractivity contribution in [1.29, 1.82) is 0 Å². The van der Waals surface area contributed by atoms with Crippen LogP contribution in [0.1, 0.15) is 11.3 Å². The van der Waals surface area contributed by atoms with Gasteiger partial charge < -0.3 is 5.73 Å². The van der Waals surface area contributed by atoms with Gasteiger partial charge >= 0.3 is 0 Å². The van der Waals surface area contributed by atoms with E-state index in [9.17, 15) is 0 Å². The van der Waals surface area contributed by atoms with Gasteiger partial charge in [-0.25, -0.2) is 9.97 Å². The zero-order chi connectivity index (χ0) is 10.3. The molecule has 0 aliphatic carbocycles. The summed E-state index contributed by atoms with van der Waals surface area (Å²) in [7, 11) is 0. The molecule has 0 spiro atoms. The third kappa shape index (κ3) is 1.54. The number of pyridine rings is 2. The Morgan fingerprint density at radius 2 is 1.93 bits per heavy atom. The van der Waals surface area contributed by atoms with Crippen LogP contribution in [-0.4, -0.2) is 9.97 Å². The van der Waals surface area contributed by atoms with E-state index in [1.165, 1.54) is 5.56 Å². The van der Waals surface area contributed by atoms with Crippen LogP contribution in [0.5, 0.6) is 0 Å². The molecule has 0 amide bonds. The van der Waals surface area contributed by atoms with Gasteiger partial charge in [0.2, 0.25) is 0 Å². The van der Waals surface area contributed by atoms with E-state index in [2.05, 4.69) is 32.6 Å². The van der Waals surface area contributed by atoms with Gasteiger partial charge in [0.05, 0.1) is 5.69 Å². The molecule has 0 saturated carbocycles. The Bertz CT molecular complexity index is 508. The molecular weight excluding hydrogens is 289 g/mol. The lowest BCUT2D eigenvalue weighted by molar-refractivity contribution is 1.17. The molecule has 0 atom stereocenters. The molecule has 14 heavy (non-hydrogen) atoms. The predicted molar refractivity (Wildman–Crippen MR) is 66.1 cm³/mol. The molecule has 2 rings (SSSR count). The summed E-state index contributed by atoms with van der Waals surface area (Å²) in [5, 5.41) is 1.04. The van der Waals surface area contributed by atoms with Gasteiger partial charge in [-0.05, 0) is 54.1 Å². The molecule has 0 aromatic carbocycles. The van der Waals surface area contributed by atoms with Gasteiger partial charge in [0, 0.05) is 11.1 Å². The van der Waals surface area contributed by atoms with E-state index in [1.54, 1.807) is 0 Å². The van der Waals surface area contributed by atoms with Crippen LogP contribution in [0.3, 0.4) is 0 Å². The summed E-state index contributed by atoms with van der Waals surface area (Å²) in [6.07, 6.45) is 0. The highest BCUT2D eigenvalue weighted by Crippen LogP contribution is 2.21. The molecule has 2 aromatic heterocycles. The second-order valence-corrected chi connectivity index (χ2v) is 4.34. The number of nitrogen functional groups attached to an aromatic ring is 1. The summed E-state index contributed by atoms with van der Waals surface area (Å²) in [6, 6.07) is 3.97. The topological polar surface area (TPSA) is 51.8 Å². The van der Waals surface area contributed by atoms with Gasteiger partial charge in [-0.3, -0.25) is 0 Å². The molecule has 0 fully saturated rings. The average Bonchev–Trinajstić information content (AvgIpc) is 2.08. The normalized spacial score (nSPS) is 10.8. The molecule has 4 heteroatoms. The zero-order valence-electron chi connectivity index (χ0n) is 8.00. The number of halogens is 1. The third-order valence-electron chi connectivity index (χ3n) is 2.12. The number of aromatic nitrogens is 2. The molecule has 3 nitrogen and oxygen atoms in total. The van der Waals surface area contributed by atoms with Crippen molar-refractivity contribution in [3.8, 4) is 0 Å². The van der Waals surface area contributed by atoms with E-state index in [0.717, 1.165) is 20.4 Å². The van der Waals surface area contributed by atoms with Gasteiger partial charge in [0.15, 0.2) is 5.65 Å². The highest BCUT2D eigenvalue weighted by molar-refractivity contribution is 14.1. The van der Waals surface area contributed by atoms with Crippen LogP contribution in [0, 0.1) is 17.5 Å². The quantitative estimate of drug-likeness (QED) is 0.600. The van der Waals surface area contributed by atoms with Crippen LogP contribution < -0.4 is 5.73 Å². The van der Waals surface area contributed by atoms with E-state index < -0.39 is 0 Å². The minimum absolute atomic E-state index is 0.715. The van der Waals surface area contributed by atoms with Crippen LogP contribution in [0.15, 0.2) is 12.1 Å². The summed E-state index contributed by atoms with van der Waals surface area (Å²) >= 11 is 2.12. The maximum Gasteiger partial charge on any atom is 0.160 e. The van der Waals surface area contributed by atoms with Crippen LogP contribution in [-0.2, 0) is 0 Å². The Balaban J connectivity index is 2.89. The third-order valence-corrected chi connectivity index (χ3v) is 2.98. The number of fused-ring (bicyclic) bond motifs is 1. The second kappa shape index (κ2) is 3.34. The van der Waals surface area contributed by atoms with E-state index in [-0.39, 0.29) is 0 Å². The van der Waals surface area contributed by atoms with Gasteiger partial charge in [0.1, 0.15) is 3.70 Å². The fourth-order valence-corrected chi connectivity index (χ4v) is 1.85. The van der Waals surface area contributed by atoms with Crippen LogP contribution in [0.2, 0.25) is 0 Å². The monoisotopic (exact) mass is 299 g/mol. The maximum absolute atomic E-state index is 5.80. The first-order chi connectivity index (χ1) is 6.58. The first-order valence-corrected chi connectivity index (χ1v) is 5.36. The van der Waals surface area contributed by atoms with Crippen molar-refractivity contribution in [3.05, 3.63) is 27.1 Å². The summed E-state index contributed by atoms with van der Waals surface area (Å²) < 4.78 is 0.813. The first kappa shape index (κ1) is 9.64. The molecule has 2 aromatic rings. The van der Waals surface area contributed by atoms with Crippen LogP contribution in [0.4, 0.5) is 5.69 Å². The summed E-state index contributed by atoms with van der Waals surface area (Å²) in [6.45, 7) is 4.02. The summed E-state index contributed by atoms with van der Waals surface area (Å²) in [5.74, 6) is 0. The van der Waals surface area contributed by atoms with Crippen molar-refractivity contribution in [2.75, 3.05) is 5.73 Å². The van der Waals surface area contributed by atoms with Gasteiger partial charge in [-0.2, -0.15) is 0 Å². The lowest BCUT2D eigenvalue weighted by Crippen LogP contribution is -1.97. The molecular formula is C10H10IN3. The molecule has 0 unspecified atom stereocenters. The molecule has 72 valence electrons. The minimum Gasteiger partial charge on any atom is -0.397 e. The number of hydrogen-bond donors (Lipinski definition) is 1. The van der Waals surface area contributed by atoms with Gasteiger partial charge in [-0.1, -0.05) is 0 Å². The van der Waals surface area contributed by atoms with Crippen molar-refractivity contribution in [2.24, 2.45) is 0 Å². The molecule has 0 aliphatic heterocycles. The van der Waals surface area contributed by atoms with Gasteiger partial charge in [-0.15, -0.1) is 0 Å². The maximum atomic E-state index is 5.80. The second-order valence-electron chi connectivity index (χ2n) is 3.32. The Morgan fingerprint density at radius 1 is 1.21 bits per heavy atom. The predicted octanol–water partition coefficient (Wildman–Crippen LogP) is 2.43. The lowest BCUT2D eigenvalue weighted by atomic mass is 10.1. The minimum atomic E-state index is 0.715. The van der Waals surface area contributed by atoms with Gasteiger partial charge in [0.25, 0.3) is 0 Å². The first-order valence-electron chi connectivity index (χ1n) is 4.28. The van der Waals surface area contributed by atoms with Crippen molar-refractivity contribution >= 4 is 39.3 Å². The molecule has 2 heterocycles. The summed E-state index contributed by atoms with van der Waals surface area (Å²) in [5.41, 5.74) is 9.45. The molecule has 0 saturated heterocycles. The Hall–Kier alpha value is -0.910. The zero-order valence-corrected chi connectivity index (χ0v) is 10.2. The van der Waals surface area contributed by atoms with E-state index in [1.807, 2.05) is 26.0 Å². The highest BCUT2D eigenvalue weighted by Gasteiger charge is 2.05. The fraction of sp³-hybridized carbons (Fsp3) is 0.200. The Kier molecular flexibility index (Phi) is 2.30. The standard InChI is InChI=1S/C10H10IN3/c1-5-3-6(2)13-10-7(5)4-8(12)9(11)14-10/h3-4H,12H2,1-2H3. The molecule has 2 N–H and O–H groups in total. The molecule has 0 radical (unpaired) electrons. The smallest absolute Gasteiger partial charge is 0.160 e. The van der Waals surface area contributed by atoms with Crippen molar-refractivity contribution in [2.45, 2.75) is 13.8 Å². The molecule has 0 aliphatic rings. The highest BCUT2D eigenvalue weighted by atomic mass is 127. The largest absolute Gasteiger partial charge is 0.397 e. The van der Waals surface area contributed by atoms with Crippen molar-refractivity contribution in [3.63, 3.8) is 0 Å². The Morgan fingerprint density at radius 3 is 2.64 bits per heavy atom. The lowest BCUT2D eigenvalue weighted by Gasteiger charge is -2.05. The molecule has 0 bridgehead atoms. The van der Waals surface area contributed by atoms with Crippen molar-refractivity contribution in [1.82, 2.24) is 9.97 Å². The number of hydrogen-bond acceptors (Lipinski definition) is 3. The van der Waals surface area contributed by atoms with E-state index >= 15 is 0 Å².